The van der Waals surface area contributed by atoms with E-state index in [0.717, 1.165) is 75.2 Å². The third kappa shape index (κ3) is 27.1. The summed E-state index contributed by atoms with van der Waals surface area (Å²) < 4.78 is 59.0. The number of hydrogen-bond donors (Lipinski definition) is 7. The molecule has 2 saturated heterocycles. The molecule has 0 spiro atoms. The number of rotatable bonds is 25. The molecule has 3 heterocycles. The van der Waals surface area contributed by atoms with Gasteiger partial charge in [0.05, 0.1) is 37.4 Å². The van der Waals surface area contributed by atoms with E-state index in [0.29, 0.717) is 38.5 Å². The lowest BCUT2D eigenvalue weighted by atomic mass is 9.83. The first-order chi connectivity index (χ1) is 35.9. The number of cyclic esters (lactones) is 1. The minimum atomic E-state index is -5.71. The SMILES string of the molecule is CCCCC/C=C\C/C=C\CCCCCCCCCC(=O)OC[C@@H]1COP(=O)(O)OP(=O)(O)OC[C@H]2O[C@@H](n3ccc(N)nc3=O)[C@@H](CCCCCCC(=O)O1)C(=O)C[C@@H](O)[C@H](/C=C\[C@@H](O)CCCCC)[C@H](O)[C@@H]2O. The van der Waals surface area contributed by atoms with Crippen LogP contribution < -0.4 is 11.4 Å². The van der Waals surface area contributed by atoms with Gasteiger partial charge in [0.25, 0.3) is 0 Å². The molecule has 2 bridgehead atoms. The van der Waals surface area contributed by atoms with Crippen molar-refractivity contribution in [3.8, 4) is 0 Å². The van der Waals surface area contributed by atoms with E-state index in [9.17, 15) is 58.5 Å². The van der Waals surface area contributed by atoms with Crippen LogP contribution in [0.25, 0.3) is 0 Å². The summed E-state index contributed by atoms with van der Waals surface area (Å²) in [4.78, 5) is 78.5. The van der Waals surface area contributed by atoms with Gasteiger partial charge in [-0.25, -0.2) is 13.9 Å². The molecule has 0 radical (unpaired) electrons. The monoisotopic (exact) mass is 1100 g/mol. The highest BCUT2D eigenvalue weighted by Crippen LogP contribution is 2.60. The molecule has 0 saturated carbocycles. The number of aromatic nitrogens is 2. The Morgan fingerprint density at radius 1 is 0.840 bits per heavy atom. The molecule has 2 aliphatic rings. The number of phosphoric acid groups is 2. The third-order valence-corrected chi connectivity index (χ3v) is 15.7. The normalized spacial score (nSPS) is 28.9. The molecule has 0 amide bonds. The lowest BCUT2D eigenvalue weighted by Gasteiger charge is -2.38. The maximum atomic E-state index is 14.3. The molecule has 2 fully saturated rings. The average molecular weight is 1100 g/mol. The van der Waals surface area contributed by atoms with Gasteiger partial charge in [-0.15, -0.1) is 0 Å². The molecule has 428 valence electrons. The van der Waals surface area contributed by atoms with Crippen LogP contribution in [-0.2, 0) is 51.1 Å². The van der Waals surface area contributed by atoms with Crippen molar-refractivity contribution < 1.29 is 81.3 Å². The van der Waals surface area contributed by atoms with E-state index in [2.05, 4.69) is 40.5 Å². The number of allylic oxidation sites excluding steroid dienone is 4. The van der Waals surface area contributed by atoms with E-state index in [1.165, 1.54) is 43.7 Å². The molecular formula is C52H87N3O18P2. The molecule has 75 heavy (non-hydrogen) atoms. The topological polar surface area (TPSA) is 323 Å². The van der Waals surface area contributed by atoms with Crippen molar-refractivity contribution in [1.29, 1.82) is 0 Å². The second-order valence-corrected chi connectivity index (χ2v) is 22.5. The molecule has 11 atom stereocenters. The van der Waals surface area contributed by atoms with E-state index in [-0.39, 0.29) is 31.5 Å². The third-order valence-electron chi connectivity index (χ3n) is 13.1. The highest BCUT2D eigenvalue weighted by molar-refractivity contribution is 7.61. The number of anilines is 1. The number of unbranched alkanes of at least 4 members (excludes halogenated alkanes) is 12. The average Bonchev–Trinajstić information content (AvgIpc) is 3.35. The fraction of sp³-hybridized carbons (Fsp3) is 0.750. The summed E-state index contributed by atoms with van der Waals surface area (Å²) in [6, 6.07) is 1.23. The van der Waals surface area contributed by atoms with Gasteiger partial charge in [0, 0.05) is 31.4 Å². The Bertz CT molecular complexity index is 2070. The number of aliphatic hydroxyl groups excluding tert-OH is 4. The summed E-state index contributed by atoms with van der Waals surface area (Å²) >= 11 is 0. The largest absolute Gasteiger partial charge is 0.481 e. The first kappa shape index (κ1) is 65.9. The second-order valence-electron chi connectivity index (χ2n) is 19.5. The van der Waals surface area contributed by atoms with E-state index >= 15 is 0 Å². The van der Waals surface area contributed by atoms with Gasteiger partial charge in [0.15, 0.2) is 6.10 Å². The number of ether oxygens (including phenoxy) is 3. The number of Topliss-reactive ketones (excluding diaryl/α,β-unsaturated/α-hetero) is 1. The minimum absolute atomic E-state index is 0.00361. The van der Waals surface area contributed by atoms with Crippen molar-refractivity contribution in [2.24, 2.45) is 11.8 Å². The fourth-order valence-corrected chi connectivity index (χ4v) is 10.9. The lowest BCUT2D eigenvalue weighted by Crippen LogP contribution is -2.51. The number of phosphoric ester groups is 2. The maximum absolute atomic E-state index is 14.3. The number of hydrogen-bond acceptors (Lipinski definition) is 18. The number of nitrogen functional groups attached to an aromatic ring is 1. The summed E-state index contributed by atoms with van der Waals surface area (Å²) in [6.45, 7) is 1.47. The number of nitrogens with zero attached hydrogens (tertiary/aromatic N) is 2. The van der Waals surface area contributed by atoms with Crippen molar-refractivity contribution >= 4 is 39.2 Å². The van der Waals surface area contributed by atoms with Gasteiger partial charge in [-0.3, -0.25) is 28.0 Å². The van der Waals surface area contributed by atoms with E-state index in [1.807, 2.05) is 6.92 Å². The zero-order valence-corrected chi connectivity index (χ0v) is 45.9. The summed E-state index contributed by atoms with van der Waals surface area (Å²) in [5.74, 6) is -4.93. The Morgan fingerprint density at radius 2 is 1.47 bits per heavy atom. The molecule has 3 rings (SSSR count). The molecule has 8 N–H and O–H groups in total. The van der Waals surface area contributed by atoms with Gasteiger partial charge < -0.3 is 50.2 Å². The van der Waals surface area contributed by atoms with Gasteiger partial charge in [0.2, 0.25) is 0 Å². The lowest BCUT2D eigenvalue weighted by molar-refractivity contribution is -0.184. The van der Waals surface area contributed by atoms with Gasteiger partial charge in [0.1, 0.15) is 36.6 Å². The second kappa shape index (κ2) is 36.6. The quantitative estimate of drug-likeness (QED) is 0.0210. The predicted octanol–water partition coefficient (Wildman–Crippen LogP) is 8.15. The molecule has 1 aromatic rings. The highest BCUT2D eigenvalue weighted by atomic mass is 31.3. The number of carbonyl (C=O) groups excluding carboxylic acids is 3. The van der Waals surface area contributed by atoms with Crippen LogP contribution >= 0.6 is 15.6 Å². The van der Waals surface area contributed by atoms with Gasteiger partial charge in [-0.2, -0.15) is 9.29 Å². The van der Waals surface area contributed by atoms with Crippen LogP contribution in [0, 0.1) is 11.8 Å². The Hall–Kier alpha value is -3.43. The van der Waals surface area contributed by atoms with E-state index in [4.69, 9.17) is 29.0 Å². The Balaban J connectivity index is 1.72. The molecule has 23 heteroatoms. The van der Waals surface area contributed by atoms with Crippen molar-refractivity contribution in [2.75, 3.05) is 25.6 Å². The first-order valence-corrected chi connectivity index (χ1v) is 30.1. The van der Waals surface area contributed by atoms with Crippen molar-refractivity contribution in [3.63, 3.8) is 0 Å². The zero-order chi connectivity index (χ0) is 55.1. The van der Waals surface area contributed by atoms with Crippen LogP contribution in [-0.4, -0.2) is 114 Å². The van der Waals surface area contributed by atoms with Crippen LogP contribution in [0.4, 0.5) is 5.82 Å². The first-order valence-electron chi connectivity index (χ1n) is 27.1. The maximum Gasteiger partial charge on any atom is 0.481 e. The van der Waals surface area contributed by atoms with Crippen molar-refractivity contribution in [1.82, 2.24) is 9.55 Å². The van der Waals surface area contributed by atoms with Gasteiger partial charge in [-0.05, 0) is 63.9 Å². The Morgan fingerprint density at radius 3 is 2.15 bits per heavy atom. The number of carbonyl (C=O) groups is 3. The van der Waals surface area contributed by atoms with Crippen LogP contribution in [0.2, 0.25) is 0 Å². The number of fused-ring (bicyclic) bond motifs is 3. The summed E-state index contributed by atoms with van der Waals surface area (Å²) in [5, 5.41) is 45.5. The number of nitrogens with two attached hydrogens (primary N) is 1. The number of aliphatic hydroxyl groups is 4. The molecule has 1 aromatic heterocycles. The van der Waals surface area contributed by atoms with Crippen LogP contribution in [0.3, 0.4) is 0 Å². The van der Waals surface area contributed by atoms with Crippen molar-refractivity contribution in [2.45, 2.75) is 217 Å². The molecule has 0 aromatic carbocycles. The van der Waals surface area contributed by atoms with Crippen LogP contribution in [0.15, 0.2) is 53.5 Å². The highest BCUT2D eigenvalue weighted by Gasteiger charge is 2.45. The zero-order valence-electron chi connectivity index (χ0n) is 44.1. The van der Waals surface area contributed by atoms with Crippen LogP contribution in [0.5, 0.6) is 0 Å². The Labute approximate surface area is 442 Å². The van der Waals surface area contributed by atoms with Gasteiger partial charge in [-0.1, -0.05) is 134 Å². The number of ketones is 1. The van der Waals surface area contributed by atoms with E-state index < -0.39 is 120 Å². The molecule has 2 aliphatic heterocycles. The van der Waals surface area contributed by atoms with E-state index in [1.54, 1.807) is 0 Å². The van der Waals surface area contributed by atoms with Crippen molar-refractivity contribution in [3.05, 3.63) is 59.2 Å². The fourth-order valence-electron chi connectivity index (χ4n) is 8.76. The Kier molecular flexibility index (Phi) is 32.2. The summed E-state index contributed by atoms with van der Waals surface area (Å²) in [5.41, 5.74) is 4.75. The minimum Gasteiger partial charge on any atom is -0.462 e. The van der Waals surface area contributed by atoms with Crippen LogP contribution in [0.1, 0.15) is 181 Å². The standard InChI is InChI=1S/C52H87N3O18P2/c1-3-5-7-8-9-10-11-12-13-14-15-16-17-18-19-20-25-29-47(59)68-36-40-37-69-74(64,65)73-75(66,67)70-38-45-50(62)49(61)41(32-31-39(56)27-23-6-4-2)43(57)35-44(58)42(28-24-21-22-26-30-48(60)71-40)51(72-45)55-34-33-46(53)54-52(55)63/h9-10,12-13,31-34,39-43,45,49-51,56-57,61-62H,3-8,11,14-30,35-38H2,1-2H3,(H,64,65)(H,66,67)(H2,53,54,63)/b10-9-,13-12-,32-31-/t39-,40+,41-,42-,43+,45+,49-,50+,51+/m0/s1. The van der Waals surface area contributed by atoms with Gasteiger partial charge >= 0.3 is 33.3 Å². The predicted molar refractivity (Wildman–Crippen MR) is 281 cm³/mol. The summed E-state index contributed by atoms with van der Waals surface area (Å²) in [7, 11) is -11.3. The smallest absolute Gasteiger partial charge is 0.462 e. The number of esters is 2. The molecule has 0 aliphatic carbocycles. The molecule has 2 unspecified atom stereocenters. The summed E-state index contributed by atoms with van der Waals surface area (Å²) in [6.07, 6.45) is 17.8. The molecule has 21 nitrogen and oxygen atoms in total. The molecular weight excluding hydrogens is 1020 g/mol.